The van der Waals surface area contributed by atoms with Crippen molar-refractivity contribution in [2.45, 2.75) is 63.6 Å². The number of nitrogens with zero attached hydrogens (tertiary/aromatic N) is 1. The Labute approximate surface area is 213 Å². The van der Waals surface area contributed by atoms with Gasteiger partial charge >= 0.3 is 0 Å². The fourth-order valence-corrected chi connectivity index (χ4v) is 4.94. The second-order valence-corrected chi connectivity index (χ2v) is 12.3. The van der Waals surface area contributed by atoms with Gasteiger partial charge in [0, 0.05) is 31.4 Å². The second-order valence-electron chi connectivity index (χ2n) is 10.3. The molecule has 2 aromatic rings. The van der Waals surface area contributed by atoms with Gasteiger partial charge in [-0.05, 0) is 62.4 Å². The van der Waals surface area contributed by atoms with Crippen LogP contribution in [0.5, 0.6) is 0 Å². The van der Waals surface area contributed by atoms with Gasteiger partial charge in [-0.2, -0.15) is 0 Å². The number of hydrogen-bond acceptors (Lipinski definition) is 5. The number of likely N-dealkylation sites (tertiary alicyclic amines) is 1. The predicted molar refractivity (Wildman–Crippen MR) is 138 cm³/mol. The largest absolute Gasteiger partial charge is 0.341 e. The molecular weight excluding hydrogens is 481 g/mol. The molecule has 0 aromatic heterocycles. The first-order valence-corrected chi connectivity index (χ1v) is 14.1. The van der Waals surface area contributed by atoms with Gasteiger partial charge in [0.15, 0.2) is 9.84 Å². The summed E-state index contributed by atoms with van der Waals surface area (Å²) in [5, 5.41) is 6.30. The summed E-state index contributed by atoms with van der Waals surface area (Å²) in [4.78, 5) is 28.1. The summed E-state index contributed by atoms with van der Waals surface area (Å²) in [6.45, 7) is 9.27. The molecule has 0 unspecified atom stereocenters. The Morgan fingerprint density at radius 3 is 2.25 bits per heavy atom. The van der Waals surface area contributed by atoms with Gasteiger partial charge in [0.2, 0.25) is 5.91 Å². The molecule has 1 fully saturated rings. The first kappa shape index (κ1) is 27.8. The minimum absolute atomic E-state index is 0.0616. The third-order valence-corrected chi connectivity index (χ3v) is 7.96. The van der Waals surface area contributed by atoms with Gasteiger partial charge in [0.05, 0.1) is 10.5 Å². The van der Waals surface area contributed by atoms with Gasteiger partial charge < -0.3 is 15.5 Å². The van der Waals surface area contributed by atoms with Crippen molar-refractivity contribution < 1.29 is 22.4 Å². The SMILES string of the molecule is Cc1ccc(F)c(C(=O)N[C@@H](C(=O)N2CCC(C)(NCc3ccc(S(C)(=O)=O)cc3)CC2)C(C)C)c1. The van der Waals surface area contributed by atoms with E-state index in [1.807, 2.05) is 13.8 Å². The Hall–Kier alpha value is -2.78. The van der Waals surface area contributed by atoms with Gasteiger partial charge in [0.1, 0.15) is 11.9 Å². The first-order chi connectivity index (χ1) is 16.8. The zero-order valence-corrected chi connectivity index (χ0v) is 22.4. The standard InChI is InChI=1S/C27H36FN3O4S/c1-18(2)24(30-25(32)22-16-19(3)6-11-23(22)28)26(33)31-14-12-27(4,13-15-31)29-17-20-7-9-21(10-8-20)36(5,34)35/h6-11,16,18,24,29H,12-15,17H2,1-5H3,(H,30,32)/t24-/m1/s1. The molecule has 1 aliphatic heterocycles. The Morgan fingerprint density at radius 2 is 1.69 bits per heavy atom. The molecule has 196 valence electrons. The van der Waals surface area contributed by atoms with Crippen LogP contribution in [0.15, 0.2) is 47.4 Å². The van der Waals surface area contributed by atoms with Gasteiger partial charge in [-0.25, -0.2) is 12.8 Å². The summed E-state index contributed by atoms with van der Waals surface area (Å²) < 4.78 is 37.5. The van der Waals surface area contributed by atoms with Crippen LogP contribution in [0.25, 0.3) is 0 Å². The van der Waals surface area contributed by atoms with E-state index in [1.54, 1.807) is 42.2 Å². The van der Waals surface area contributed by atoms with Gasteiger partial charge in [-0.1, -0.05) is 37.6 Å². The van der Waals surface area contributed by atoms with Crippen LogP contribution in [0.2, 0.25) is 0 Å². The van der Waals surface area contributed by atoms with Crippen LogP contribution in [-0.2, 0) is 21.2 Å². The van der Waals surface area contributed by atoms with Crippen LogP contribution < -0.4 is 10.6 Å². The summed E-state index contributed by atoms with van der Waals surface area (Å²) in [6.07, 6.45) is 2.64. The quantitative estimate of drug-likeness (QED) is 0.559. The van der Waals surface area contributed by atoms with Crippen molar-refractivity contribution in [2.75, 3.05) is 19.3 Å². The zero-order valence-electron chi connectivity index (χ0n) is 21.6. The van der Waals surface area contributed by atoms with E-state index in [9.17, 15) is 22.4 Å². The Balaban J connectivity index is 1.58. The zero-order chi connectivity index (χ0) is 26.7. The third-order valence-electron chi connectivity index (χ3n) is 6.84. The van der Waals surface area contributed by atoms with E-state index in [0.717, 1.165) is 24.0 Å². The van der Waals surface area contributed by atoms with Crippen molar-refractivity contribution in [1.29, 1.82) is 0 Å². The Morgan fingerprint density at radius 1 is 1.08 bits per heavy atom. The molecule has 2 amide bonds. The van der Waals surface area contributed by atoms with Crippen molar-refractivity contribution in [3.8, 4) is 0 Å². The molecule has 3 rings (SSSR count). The van der Waals surface area contributed by atoms with Crippen LogP contribution in [0.3, 0.4) is 0 Å². The van der Waals surface area contributed by atoms with E-state index >= 15 is 0 Å². The van der Waals surface area contributed by atoms with Gasteiger partial charge in [0.25, 0.3) is 5.91 Å². The van der Waals surface area contributed by atoms with E-state index in [1.165, 1.54) is 18.4 Å². The number of nitrogens with one attached hydrogen (secondary N) is 2. The van der Waals surface area contributed by atoms with E-state index in [2.05, 4.69) is 17.6 Å². The summed E-state index contributed by atoms with van der Waals surface area (Å²) in [5.41, 5.74) is 1.50. The average Bonchev–Trinajstić information content (AvgIpc) is 2.82. The fourth-order valence-electron chi connectivity index (χ4n) is 4.31. The molecular formula is C27H36FN3O4S. The smallest absolute Gasteiger partial charge is 0.254 e. The van der Waals surface area contributed by atoms with E-state index in [4.69, 9.17) is 0 Å². The van der Waals surface area contributed by atoms with Crippen LogP contribution >= 0.6 is 0 Å². The number of aryl methyl sites for hydroxylation is 1. The fraction of sp³-hybridized carbons (Fsp3) is 0.481. The van der Waals surface area contributed by atoms with E-state index < -0.39 is 27.6 Å². The molecule has 0 aliphatic carbocycles. The molecule has 9 heteroatoms. The highest BCUT2D eigenvalue weighted by molar-refractivity contribution is 7.90. The number of sulfone groups is 1. The molecule has 0 radical (unpaired) electrons. The Bertz CT molecular complexity index is 1200. The third kappa shape index (κ3) is 6.91. The van der Waals surface area contributed by atoms with Crippen LogP contribution in [-0.4, -0.2) is 56.1 Å². The van der Waals surface area contributed by atoms with E-state index in [0.29, 0.717) is 24.5 Å². The number of halogens is 1. The maximum Gasteiger partial charge on any atom is 0.254 e. The normalized spacial score (nSPS) is 16.6. The predicted octanol–water partition coefficient (Wildman–Crippen LogP) is 3.46. The molecule has 1 aliphatic rings. The number of rotatable bonds is 8. The number of amides is 2. The summed E-state index contributed by atoms with van der Waals surface area (Å²) in [6, 6.07) is 10.4. The number of piperidine rings is 1. The summed E-state index contributed by atoms with van der Waals surface area (Å²) in [5.74, 6) is -1.52. The van der Waals surface area contributed by atoms with Crippen molar-refractivity contribution in [2.24, 2.45) is 5.92 Å². The molecule has 0 saturated carbocycles. The molecule has 0 bridgehead atoms. The minimum Gasteiger partial charge on any atom is -0.341 e. The molecule has 1 atom stereocenters. The van der Waals surface area contributed by atoms with Crippen molar-refractivity contribution in [3.05, 3.63) is 65.0 Å². The van der Waals surface area contributed by atoms with Crippen molar-refractivity contribution in [1.82, 2.24) is 15.5 Å². The number of benzene rings is 2. The van der Waals surface area contributed by atoms with Gasteiger partial charge in [-0.3, -0.25) is 9.59 Å². The molecule has 7 nitrogen and oxygen atoms in total. The summed E-state index contributed by atoms with van der Waals surface area (Å²) in [7, 11) is -3.23. The van der Waals surface area contributed by atoms with Crippen molar-refractivity contribution >= 4 is 21.7 Å². The highest BCUT2D eigenvalue weighted by atomic mass is 32.2. The topological polar surface area (TPSA) is 95.6 Å². The lowest BCUT2D eigenvalue weighted by molar-refractivity contribution is -0.136. The number of hydrogen-bond donors (Lipinski definition) is 2. The maximum absolute atomic E-state index is 14.2. The molecule has 1 saturated heterocycles. The Kier molecular flexibility index (Phi) is 8.56. The molecule has 2 N–H and O–H groups in total. The maximum atomic E-state index is 14.2. The highest BCUT2D eigenvalue weighted by Gasteiger charge is 2.35. The minimum atomic E-state index is -3.23. The lowest BCUT2D eigenvalue weighted by atomic mass is 9.88. The van der Waals surface area contributed by atoms with Crippen LogP contribution in [0.1, 0.15) is 55.1 Å². The van der Waals surface area contributed by atoms with Crippen LogP contribution in [0, 0.1) is 18.7 Å². The van der Waals surface area contributed by atoms with Crippen LogP contribution in [0.4, 0.5) is 4.39 Å². The molecule has 2 aromatic carbocycles. The summed E-state index contributed by atoms with van der Waals surface area (Å²) >= 11 is 0. The monoisotopic (exact) mass is 517 g/mol. The molecule has 0 spiro atoms. The van der Waals surface area contributed by atoms with Crippen molar-refractivity contribution in [3.63, 3.8) is 0 Å². The lowest BCUT2D eigenvalue weighted by Crippen LogP contribution is -2.57. The van der Waals surface area contributed by atoms with E-state index in [-0.39, 0.29) is 22.9 Å². The average molecular weight is 518 g/mol. The number of carbonyl (C=O) groups excluding carboxylic acids is 2. The second kappa shape index (κ2) is 11.1. The number of carbonyl (C=O) groups is 2. The highest BCUT2D eigenvalue weighted by Crippen LogP contribution is 2.24. The lowest BCUT2D eigenvalue weighted by Gasteiger charge is -2.41. The van der Waals surface area contributed by atoms with Gasteiger partial charge in [-0.15, -0.1) is 0 Å². The first-order valence-electron chi connectivity index (χ1n) is 12.2. The molecule has 36 heavy (non-hydrogen) atoms. The molecule has 1 heterocycles.